The van der Waals surface area contributed by atoms with Gasteiger partial charge in [-0.05, 0) is 13.5 Å². The second kappa shape index (κ2) is 5.45. The van der Waals surface area contributed by atoms with Gasteiger partial charge < -0.3 is 26.4 Å². The first kappa shape index (κ1) is 11.8. The van der Waals surface area contributed by atoms with Crippen molar-refractivity contribution in [1.29, 1.82) is 0 Å². The van der Waals surface area contributed by atoms with Crippen LogP contribution >= 0.6 is 0 Å². The zero-order chi connectivity index (χ0) is 9.61. The van der Waals surface area contributed by atoms with E-state index in [-0.39, 0.29) is 19.8 Å². The summed E-state index contributed by atoms with van der Waals surface area (Å²) in [4.78, 5) is 0. The number of hydrogen-bond acceptors (Lipinski definition) is 5. The lowest BCUT2D eigenvalue weighted by Crippen LogP contribution is -2.59. The van der Waals surface area contributed by atoms with E-state index < -0.39 is 11.6 Å². The summed E-state index contributed by atoms with van der Waals surface area (Å²) in [5, 5.41) is 29.7. The van der Waals surface area contributed by atoms with Crippen LogP contribution in [0.5, 0.6) is 0 Å². The lowest BCUT2D eigenvalue weighted by Gasteiger charge is -2.35. The highest BCUT2D eigenvalue weighted by Crippen LogP contribution is 2.13. The Bertz CT molecular complexity index is 117. The largest absolute Gasteiger partial charge is 0.396 e. The topological polar surface area (TPSA) is 98.7 Å². The molecule has 0 heterocycles. The molecule has 0 aromatic carbocycles. The summed E-state index contributed by atoms with van der Waals surface area (Å²) < 4.78 is 0. The van der Waals surface area contributed by atoms with Gasteiger partial charge in [-0.3, -0.25) is 0 Å². The van der Waals surface area contributed by atoms with Gasteiger partial charge in [0, 0.05) is 13.2 Å². The Kier molecular flexibility index (Phi) is 5.36. The van der Waals surface area contributed by atoms with Crippen LogP contribution in [0.4, 0.5) is 0 Å². The number of nitrogens with one attached hydrogen (secondary N) is 1. The summed E-state index contributed by atoms with van der Waals surface area (Å²) in [7, 11) is 1.64. The van der Waals surface area contributed by atoms with Crippen LogP contribution in [0.3, 0.4) is 0 Å². The second-order valence-electron chi connectivity index (χ2n) is 2.78. The van der Waals surface area contributed by atoms with Crippen molar-refractivity contribution in [3.05, 3.63) is 0 Å². The minimum atomic E-state index is -0.945. The fourth-order valence-electron chi connectivity index (χ4n) is 1.17. The summed E-state index contributed by atoms with van der Waals surface area (Å²) in [5.41, 5.74) is 4.66. The van der Waals surface area contributed by atoms with E-state index in [1.807, 2.05) is 0 Å². The first-order valence-electron chi connectivity index (χ1n) is 3.95. The van der Waals surface area contributed by atoms with E-state index in [2.05, 4.69) is 5.32 Å². The lowest BCUT2D eigenvalue weighted by molar-refractivity contribution is 0.00840. The Hall–Kier alpha value is -0.200. The molecule has 0 bridgehead atoms. The zero-order valence-electron chi connectivity index (χ0n) is 7.32. The van der Waals surface area contributed by atoms with Crippen molar-refractivity contribution in [2.75, 3.05) is 26.8 Å². The minimum Gasteiger partial charge on any atom is -0.396 e. The number of aliphatic hydroxyl groups is 3. The standard InChI is InChI=1S/C7H18N2O3/c1-9-7(5-8,2-3-10)6(12)4-11/h6,9-12H,2-5,8H2,1H3/t6-,7-/m1/s1. The summed E-state index contributed by atoms with van der Waals surface area (Å²) in [6.07, 6.45) is -0.624. The van der Waals surface area contributed by atoms with Crippen LogP contribution in [0.15, 0.2) is 0 Å². The Balaban J connectivity index is 4.33. The van der Waals surface area contributed by atoms with Crippen LogP contribution in [0.2, 0.25) is 0 Å². The normalized spacial score (nSPS) is 18.8. The molecule has 12 heavy (non-hydrogen) atoms. The smallest absolute Gasteiger partial charge is 0.0965 e. The molecule has 0 aromatic heterocycles. The maximum Gasteiger partial charge on any atom is 0.0965 e. The van der Waals surface area contributed by atoms with Crippen LogP contribution in [-0.4, -0.2) is 53.8 Å². The van der Waals surface area contributed by atoms with Crippen molar-refractivity contribution in [1.82, 2.24) is 5.32 Å². The Labute approximate surface area is 72.2 Å². The van der Waals surface area contributed by atoms with Gasteiger partial charge in [0.1, 0.15) is 0 Å². The Morgan fingerprint density at radius 1 is 1.50 bits per heavy atom. The second-order valence-corrected chi connectivity index (χ2v) is 2.78. The molecule has 6 N–H and O–H groups in total. The SMILES string of the molecule is CN[C@@](CN)(CCO)[C@H](O)CO. The van der Waals surface area contributed by atoms with Crippen LogP contribution in [0.25, 0.3) is 0 Å². The predicted molar refractivity (Wildman–Crippen MR) is 45.6 cm³/mol. The summed E-state index contributed by atoms with van der Waals surface area (Å²) in [6, 6.07) is 0. The van der Waals surface area contributed by atoms with E-state index in [0.29, 0.717) is 6.42 Å². The van der Waals surface area contributed by atoms with Gasteiger partial charge >= 0.3 is 0 Å². The van der Waals surface area contributed by atoms with E-state index in [4.69, 9.17) is 15.9 Å². The average molecular weight is 178 g/mol. The monoisotopic (exact) mass is 178 g/mol. The van der Waals surface area contributed by atoms with Crippen molar-refractivity contribution >= 4 is 0 Å². The lowest BCUT2D eigenvalue weighted by atomic mass is 9.89. The van der Waals surface area contributed by atoms with Crippen molar-refractivity contribution < 1.29 is 15.3 Å². The van der Waals surface area contributed by atoms with Gasteiger partial charge in [-0.2, -0.15) is 0 Å². The van der Waals surface area contributed by atoms with Gasteiger partial charge in [0.15, 0.2) is 0 Å². The molecule has 0 rings (SSSR count). The van der Waals surface area contributed by atoms with Gasteiger partial charge in [0.2, 0.25) is 0 Å². The maximum absolute atomic E-state index is 9.40. The van der Waals surface area contributed by atoms with Crippen molar-refractivity contribution in [2.45, 2.75) is 18.1 Å². The first-order valence-corrected chi connectivity index (χ1v) is 3.95. The van der Waals surface area contributed by atoms with E-state index in [1.54, 1.807) is 7.05 Å². The van der Waals surface area contributed by atoms with E-state index in [1.165, 1.54) is 0 Å². The Morgan fingerprint density at radius 2 is 2.08 bits per heavy atom. The van der Waals surface area contributed by atoms with E-state index in [9.17, 15) is 5.11 Å². The molecule has 0 unspecified atom stereocenters. The van der Waals surface area contributed by atoms with Gasteiger partial charge in [-0.25, -0.2) is 0 Å². The number of aliphatic hydroxyl groups excluding tert-OH is 3. The third kappa shape index (κ3) is 2.40. The molecule has 0 aliphatic carbocycles. The molecule has 0 saturated carbocycles. The molecule has 0 aliphatic heterocycles. The average Bonchev–Trinajstić information content (AvgIpc) is 2.13. The first-order chi connectivity index (χ1) is 5.66. The van der Waals surface area contributed by atoms with Crippen LogP contribution < -0.4 is 11.1 Å². The molecular formula is C7H18N2O3. The number of hydrogen-bond donors (Lipinski definition) is 5. The van der Waals surface area contributed by atoms with Crippen molar-refractivity contribution in [3.8, 4) is 0 Å². The third-order valence-corrected chi connectivity index (χ3v) is 2.23. The van der Waals surface area contributed by atoms with Crippen LogP contribution in [0.1, 0.15) is 6.42 Å². The molecule has 0 fully saturated rings. The van der Waals surface area contributed by atoms with Gasteiger partial charge in [0.25, 0.3) is 0 Å². The molecule has 5 nitrogen and oxygen atoms in total. The minimum absolute atomic E-state index is 0.0743. The highest BCUT2D eigenvalue weighted by molar-refractivity contribution is 4.94. The number of likely N-dealkylation sites (N-methyl/N-ethyl adjacent to an activating group) is 1. The highest BCUT2D eigenvalue weighted by Gasteiger charge is 2.33. The molecule has 0 aromatic rings. The van der Waals surface area contributed by atoms with Crippen molar-refractivity contribution in [3.63, 3.8) is 0 Å². The van der Waals surface area contributed by atoms with E-state index in [0.717, 1.165) is 0 Å². The van der Waals surface area contributed by atoms with Crippen molar-refractivity contribution in [2.24, 2.45) is 5.73 Å². The molecule has 0 saturated heterocycles. The summed E-state index contributed by atoms with van der Waals surface area (Å²) in [5.74, 6) is 0. The molecule has 74 valence electrons. The molecule has 5 heteroatoms. The van der Waals surface area contributed by atoms with Gasteiger partial charge in [-0.15, -0.1) is 0 Å². The molecular weight excluding hydrogens is 160 g/mol. The fraction of sp³-hybridized carbons (Fsp3) is 1.00. The Morgan fingerprint density at radius 3 is 2.33 bits per heavy atom. The fourth-order valence-corrected chi connectivity index (χ4v) is 1.17. The van der Waals surface area contributed by atoms with Crippen LogP contribution in [-0.2, 0) is 0 Å². The van der Waals surface area contributed by atoms with Gasteiger partial charge in [0.05, 0.1) is 18.2 Å². The molecule has 0 aliphatic rings. The number of nitrogens with two attached hydrogens (primary N) is 1. The molecule has 0 amide bonds. The quantitative estimate of drug-likeness (QED) is 0.313. The number of rotatable bonds is 6. The van der Waals surface area contributed by atoms with E-state index >= 15 is 0 Å². The molecule has 0 radical (unpaired) electrons. The summed E-state index contributed by atoms with van der Waals surface area (Å²) >= 11 is 0. The predicted octanol–water partition coefficient (Wildman–Crippen LogP) is -2.36. The van der Waals surface area contributed by atoms with Gasteiger partial charge in [-0.1, -0.05) is 0 Å². The zero-order valence-corrected chi connectivity index (χ0v) is 7.32. The molecule has 0 spiro atoms. The highest BCUT2D eigenvalue weighted by atomic mass is 16.3. The maximum atomic E-state index is 9.40. The molecule has 2 atom stereocenters. The van der Waals surface area contributed by atoms with Crippen LogP contribution in [0, 0.1) is 0 Å². The third-order valence-electron chi connectivity index (χ3n) is 2.23. The summed E-state index contributed by atoms with van der Waals surface area (Å²) in [6.45, 7) is -0.265.